The Morgan fingerprint density at radius 3 is 2.00 bits per heavy atom. The van der Waals surface area contributed by atoms with Crippen LogP contribution in [0, 0.1) is 23.7 Å². The molecule has 0 fully saturated rings. The van der Waals surface area contributed by atoms with Crippen LogP contribution in [0.25, 0.3) is 0 Å². The minimum Gasteiger partial charge on any atom is -0.508 e. The van der Waals surface area contributed by atoms with E-state index in [0.29, 0.717) is 31.1 Å². The molecule has 0 aromatic carbocycles. The van der Waals surface area contributed by atoms with Gasteiger partial charge in [-0.05, 0) is 31.1 Å². The van der Waals surface area contributed by atoms with Gasteiger partial charge in [0.05, 0.1) is 12.0 Å². The van der Waals surface area contributed by atoms with Crippen molar-refractivity contribution in [1.82, 2.24) is 0 Å². The van der Waals surface area contributed by atoms with Crippen LogP contribution in [0.4, 0.5) is 0 Å². The number of ketones is 2. The molecule has 1 unspecified atom stereocenters. The molecule has 5 heteroatoms. The first-order chi connectivity index (χ1) is 11.4. The summed E-state index contributed by atoms with van der Waals surface area (Å²) in [7, 11) is 0. The molecule has 0 aromatic heterocycles. The van der Waals surface area contributed by atoms with E-state index in [1.54, 1.807) is 13.8 Å². The molecule has 0 heterocycles. The van der Waals surface area contributed by atoms with Gasteiger partial charge in [-0.2, -0.15) is 0 Å². The van der Waals surface area contributed by atoms with E-state index >= 15 is 0 Å². The molecule has 0 saturated heterocycles. The Bertz CT molecular complexity index is 532. The van der Waals surface area contributed by atoms with Crippen LogP contribution < -0.4 is 0 Å². The first kappa shape index (κ1) is 21.8. The number of carbonyl (C=O) groups is 2. The molecular weight excluding hydrogens is 320 g/mol. The molecule has 0 saturated carbocycles. The van der Waals surface area contributed by atoms with Gasteiger partial charge in [-0.3, -0.25) is 9.59 Å². The van der Waals surface area contributed by atoms with Crippen LogP contribution in [0.3, 0.4) is 0 Å². The monoisotopic (exact) mass is 354 g/mol. The standard InChI is InChI=1S/C20H34O5/c1-11(2)7-9-14-18(23)16(17(22)13(5)6)19(24)20(14,25)15(21)10-8-12(3)4/h11-15,21,24-25H,7-10H2,1-6H3/t14-,15?,20+/m0/s1. The molecule has 0 aliphatic heterocycles. The first-order valence-corrected chi connectivity index (χ1v) is 9.37. The molecule has 0 aromatic rings. The summed E-state index contributed by atoms with van der Waals surface area (Å²) >= 11 is 0. The lowest BCUT2D eigenvalue weighted by Gasteiger charge is -2.34. The summed E-state index contributed by atoms with van der Waals surface area (Å²) in [6.45, 7) is 11.3. The van der Waals surface area contributed by atoms with Gasteiger partial charge >= 0.3 is 0 Å². The zero-order valence-corrected chi connectivity index (χ0v) is 16.4. The lowest BCUT2D eigenvalue weighted by Crippen LogP contribution is -2.49. The highest BCUT2D eigenvalue weighted by molar-refractivity contribution is 6.24. The van der Waals surface area contributed by atoms with Crippen molar-refractivity contribution >= 4 is 11.6 Å². The van der Waals surface area contributed by atoms with Crippen molar-refractivity contribution in [2.75, 3.05) is 0 Å². The van der Waals surface area contributed by atoms with Crippen molar-refractivity contribution in [3.8, 4) is 0 Å². The highest BCUT2D eigenvalue weighted by Crippen LogP contribution is 2.44. The van der Waals surface area contributed by atoms with Crippen molar-refractivity contribution in [2.24, 2.45) is 23.7 Å². The van der Waals surface area contributed by atoms with Gasteiger partial charge < -0.3 is 15.3 Å². The van der Waals surface area contributed by atoms with Crippen molar-refractivity contribution < 1.29 is 24.9 Å². The van der Waals surface area contributed by atoms with E-state index in [2.05, 4.69) is 0 Å². The number of aliphatic hydroxyl groups is 3. The molecule has 1 rings (SSSR count). The predicted octanol–water partition coefficient (Wildman–Crippen LogP) is 3.19. The smallest absolute Gasteiger partial charge is 0.176 e. The van der Waals surface area contributed by atoms with Gasteiger partial charge in [-0.15, -0.1) is 0 Å². The number of Topliss-reactive ketones (excluding diaryl/α,β-unsaturated/α-hetero) is 2. The normalized spacial score (nSPS) is 25.6. The Morgan fingerprint density at radius 2 is 1.56 bits per heavy atom. The van der Waals surface area contributed by atoms with Gasteiger partial charge in [-0.25, -0.2) is 0 Å². The van der Waals surface area contributed by atoms with Gasteiger partial charge in [-0.1, -0.05) is 48.0 Å². The Labute approximate surface area is 151 Å². The average Bonchev–Trinajstić information content (AvgIpc) is 2.69. The maximum atomic E-state index is 12.8. The van der Waals surface area contributed by atoms with Gasteiger partial charge in [0.1, 0.15) is 11.3 Å². The second kappa shape index (κ2) is 8.45. The SMILES string of the molecule is CC(C)CCC(O)[C@@]1(O)C(O)=C(C(=O)C(C)C)C(=O)[C@@H]1CCC(C)C. The van der Waals surface area contributed by atoms with Gasteiger partial charge in [0, 0.05) is 5.92 Å². The Kier molecular flexibility index (Phi) is 7.39. The van der Waals surface area contributed by atoms with E-state index in [4.69, 9.17) is 0 Å². The summed E-state index contributed by atoms with van der Waals surface area (Å²) in [5, 5.41) is 32.4. The summed E-state index contributed by atoms with van der Waals surface area (Å²) in [5.41, 5.74) is -2.39. The zero-order chi connectivity index (χ0) is 19.5. The van der Waals surface area contributed by atoms with E-state index in [-0.39, 0.29) is 12.0 Å². The largest absolute Gasteiger partial charge is 0.508 e. The first-order valence-electron chi connectivity index (χ1n) is 9.37. The van der Waals surface area contributed by atoms with Crippen molar-refractivity contribution in [2.45, 2.75) is 78.9 Å². The van der Waals surface area contributed by atoms with Gasteiger partial charge in [0.15, 0.2) is 17.2 Å². The number of aliphatic hydroxyl groups excluding tert-OH is 2. The number of rotatable bonds is 9. The topological polar surface area (TPSA) is 94.8 Å². The van der Waals surface area contributed by atoms with Gasteiger partial charge in [0.25, 0.3) is 0 Å². The molecule has 144 valence electrons. The molecule has 25 heavy (non-hydrogen) atoms. The minimum absolute atomic E-state index is 0.257. The van der Waals surface area contributed by atoms with E-state index in [0.717, 1.165) is 0 Å². The van der Waals surface area contributed by atoms with Crippen molar-refractivity contribution in [3.05, 3.63) is 11.3 Å². The van der Waals surface area contributed by atoms with Crippen molar-refractivity contribution in [1.29, 1.82) is 0 Å². The fraction of sp³-hybridized carbons (Fsp3) is 0.800. The van der Waals surface area contributed by atoms with Crippen LogP contribution in [0.1, 0.15) is 67.2 Å². The van der Waals surface area contributed by atoms with Crippen LogP contribution in [0.2, 0.25) is 0 Å². The summed E-state index contributed by atoms with van der Waals surface area (Å²) < 4.78 is 0. The lowest BCUT2D eigenvalue weighted by molar-refractivity contribution is -0.137. The van der Waals surface area contributed by atoms with Crippen LogP contribution >= 0.6 is 0 Å². The highest BCUT2D eigenvalue weighted by Gasteiger charge is 2.58. The van der Waals surface area contributed by atoms with E-state index < -0.39 is 40.9 Å². The minimum atomic E-state index is -2.07. The lowest BCUT2D eigenvalue weighted by atomic mass is 9.78. The summed E-state index contributed by atoms with van der Waals surface area (Å²) in [6.07, 6.45) is 0.604. The molecule has 5 nitrogen and oxygen atoms in total. The number of hydrogen-bond donors (Lipinski definition) is 3. The number of allylic oxidation sites excluding steroid dienone is 1. The summed E-state index contributed by atoms with van der Waals surface area (Å²) in [4.78, 5) is 25.2. The second-order valence-corrected chi connectivity index (χ2v) is 8.44. The van der Waals surface area contributed by atoms with Crippen LogP contribution in [0.15, 0.2) is 11.3 Å². The summed E-state index contributed by atoms with van der Waals surface area (Å²) in [5.74, 6) is -2.49. The molecule has 0 bridgehead atoms. The molecular formula is C20H34O5. The fourth-order valence-electron chi connectivity index (χ4n) is 3.34. The fourth-order valence-corrected chi connectivity index (χ4v) is 3.34. The molecule has 3 atom stereocenters. The molecule has 1 aliphatic rings. The number of carbonyl (C=O) groups excluding carboxylic acids is 2. The third-order valence-corrected chi connectivity index (χ3v) is 5.04. The van der Waals surface area contributed by atoms with Crippen LogP contribution in [-0.4, -0.2) is 38.6 Å². The maximum absolute atomic E-state index is 12.8. The van der Waals surface area contributed by atoms with E-state index in [9.17, 15) is 24.9 Å². The third-order valence-electron chi connectivity index (χ3n) is 5.04. The van der Waals surface area contributed by atoms with E-state index in [1.165, 1.54) is 0 Å². The Hall–Kier alpha value is -1.20. The molecule has 0 spiro atoms. The van der Waals surface area contributed by atoms with Crippen molar-refractivity contribution in [3.63, 3.8) is 0 Å². The molecule has 0 amide bonds. The Balaban J connectivity index is 3.27. The highest BCUT2D eigenvalue weighted by atomic mass is 16.4. The second-order valence-electron chi connectivity index (χ2n) is 8.44. The Morgan fingerprint density at radius 1 is 1.04 bits per heavy atom. The van der Waals surface area contributed by atoms with Crippen LogP contribution in [-0.2, 0) is 9.59 Å². The van der Waals surface area contributed by atoms with Gasteiger partial charge in [0.2, 0.25) is 0 Å². The predicted molar refractivity (Wildman–Crippen MR) is 97.1 cm³/mol. The molecule has 0 radical (unpaired) electrons. The number of hydrogen-bond acceptors (Lipinski definition) is 5. The zero-order valence-electron chi connectivity index (χ0n) is 16.4. The molecule has 3 N–H and O–H groups in total. The third kappa shape index (κ3) is 4.50. The quantitative estimate of drug-likeness (QED) is 0.553. The van der Waals surface area contributed by atoms with Crippen LogP contribution in [0.5, 0.6) is 0 Å². The average molecular weight is 354 g/mol. The maximum Gasteiger partial charge on any atom is 0.176 e. The summed E-state index contributed by atoms with van der Waals surface area (Å²) in [6, 6.07) is 0. The molecule has 1 aliphatic carbocycles. The van der Waals surface area contributed by atoms with E-state index in [1.807, 2.05) is 27.7 Å².